The third kappa shape index (κ3) is 9.48. The Morgan fingerprint density at radius 1 is 1.10 bits per heavy atom. The molecule has 0 fully saturated rings. The molecule has 156 valence electrons. The lowest BCUT2D eigenvalue weighted by Gasteiger charge is -2.19. The van der Waals surface area contributed by atoms with E-state index in [0.29, 0.717) is 18.4 Å². The van der Waals surface area contributed by atoms with Gasteiger partial charge < -0.3 is 21.9 Å². The average Bonchev–Trinajstić information content (AvgIpc) is 2.69. The Morgan fingerprint density at radius 3 is 2.21 bits per heavy atom. The van der Waals surface area contributed by atoms with Crippen molar-refractivity contribution in [2.45, 2.75) is 38.8 Å². The molecule has 0 radical (unpaired) electrons. The predicted octanol–water partition coefficient (Wildman–Crippen LogP) is 1.35. The summed E-state index contributed by atoms with van der Waals surface area (Å²) in [5.41, 5.74) is 12.2. The van der Waals surface area contributed by atoms with E-state index < -0.39 is 29.9 Å². The van der Waals surface area contributed by atoms with Gasteiger partial charge in [-0.05, 0) is 36.5 Å². The molecule has 6 N–H and O–H groups in total. The molecule has 1 aromatic carbocycles. The van der Waals surface area contributed by atoms with Gasteiger partial charge in [0.25, 0.3) is 0 Å². The van der Waals surface area contributed by atoms with E-state index in [1.165, 1.54) is 6.20 Å². The Hall–Kier alpha value is -3.26. The summed E-state index contributed by atoms with van der Waals surface area (Å²) >= 11 is 0. The molecule has 8 heteroatoms. The van der Waals surface area contributed by atoms with E-state index in [1.807, 2.05) is 44.2 Å². The summed E-state index contributed by atoms with van der Waals surface area (Å²) < 4.78 is 0. The smallest absolute Gasteiger partial charge is 0.326 e. The van der Waals surface area contributed by atoms with Crippen LogP contribution in [0.5, 0.6) is 0 Å². The normalized spacial score (nSPS) is 12.3. The number of pyridine rings is 1. The highest BCUT2D eigenvalue weighted by Gasteiger charge is 2.24. The molecule has 0 saturated carbocycles. The molecule has 8 nitrogen and oxygen atoms in total. The van der Waals surface area contributed by atoms with Crippen LogP contribution in [0.25, 0.3) is 0 Å². The number of aliphatic carboxylic acids is 1. The van der Waals surface area contributed by atoms with E-state index in [-0.39, 0.29) is 5.92 Å². The van der Waals surface area contributed by atoms with Gasteiger partial charge in [0.15, 0.2) is 0 Å². The molecule has 1 aromatic heterocycles. The van der Waals surface area contributed by atoms with Crippen molar-refractivity contribution in [3.05, 3.63) is 66.0 Å². The van der Waals surface area contributed by atoms with Gasteiger partial charge in [0.2, 0.25) is 11.8 Å². The summed E-state index contributed by atoms with van der Waals surface area (Å²) in [6.45, 7) is 3.82. The maximum atomic E-state index is 11.9. The van der Waals surface area contributed by atoms with Crippen LogP contribution in [0.15, 0.2) is 54.9 Å². The lowest BCUT2D eigenvalue weighted by Crippen LogP contribution is -2.49. The van der Waals surface area contributed by atoms with Gasteiger partial charge in [-0.1, -0.05) is 44.2 Å². The molecular weight excluding hydrogens is 372 g/mol. The zero-order valence-electron chi connectivity index (χ0n) is 16.6. The monoisotopic (exact) mass is 400 g/mol. The molecule has 2 atom stereocenters. The van der Waals surface area contributed by atoms with Gasteiger partial charge in [0, 0.05) is 12.4 Å². The summed E-state index contributed by atoms with van der Waals surface area (Å²) in [6, 6.07) is 11.1. The van der Waals surface area contributed by atoms with Crippen LogP contribution < -0.4 is 16.8 Å². The Labute approximate surface area is 170 Å². The Bertz CT molecular complexity index is 782. The molecular formula is C21H28N4O4. The van der Waals surface area contributed by atoms with Crippen molar-refractivity contribution in [3.8, 4) is 0 Å². The fourth-order valence-electron chi connectivity index (χ4n) is 2.44. The summed E-state index contributed by atoms with van der Waals surface area (Å²) in [6.07, 6.45) is 3.80. The number of hydrogen-bond acceptors (Lipinski definition) is 5. The summed E-state index contributed by atoms with van der Waals surface area (Å²) in [5, 5.41) is 11.6. The molecule has 29 heavy (non-hydrogen) atoms. The minimum atomic E-state index is -1.03. The third-order valence-electron chi connectivity index (χ3n) is 3.90. The van der Waals surface area contributed by atoms with Crippen molar-refractivity contribution in [3.63, 3.8) is 0 Å². The van der Waals surface area contributed by atoms with Crippen molar-refractivity contribution in [2.24, 2.45) is 17.4 Å². The fraction of sp³-hybridized carbons (Fsp3) is 0.333. The van der Waals surface area contributed by atoms with Crippen molar-refractivity contribution in [2.75, 3.05) is 0 Å². The minimum absolute atomic E-state index is 0.182. The highest BCUT2D eigenvalue weighted by atomic mass is 16.4. The Morgan fingerprint density at radius 2 is 1.76 bits per heavy atom. The largest absolute Gasteiger partial charge is 0.480 e. The lowest BCUT2D eigenvalue weighted by atomic mass is 10.0. The van der Waals surface area contributed by atoms with E-state index >= 15 is 0 Å². The molecule has 0 aliphatic heterocycles. The molecule has 0 aliphatic carbocycles. The van der Waals surface area contributed by atoms with Gasteiger partial charge in [-0.3, -0.25) is 14.6 Å². The van der Waals surface area contributed by atoms with Crippen LogP contribution in [0.1, 0.15) is 36.2 Å². The SMILES string of the molecule is CC(C)CC(NC(=O)C(N)Cc1ccccc1)C(=O)O.NC(=O)c1cccnc1. The molecule has 2 amide bonds. The minimum Gasteiger partial charge on any atom is -0.480 e. The first-order chi connectivity index (χ1) is 13.7. The number of nitrogens with one attached hydrogen (secondary N) is 1. The number of carboxylic acids is 1. The number of carboxylic acid groups (broad SMARTS) is 1. The van der Waals surface area contributed by atoms with Crippen LogP contribution in [0.3, 0.4) is 0 Å². The molecule has 0 spiro atoms. The number of carbonyl (C=O) groups is 3. The fourth-order valence-corrected chi connectivity index (χ4v) is 2.44. The second-order valence-electron chi connectivity index (χ2n) is 6.93. The Balaban J connectivity index is 0.000000387. The maximum absolute atomic E-state index is 11.9. The van der Waals surface area contributed by atoms with E-state index in [4.69, 9.17) is 16.6 Å². The number of rotatable bonds is 8. The van der Waals surface area contributed by atoms with E-state index in [2.05, 4.69) is 10.3 Å². The number of amides is 2. The molecule has 0 saturated heterocycles. The molecule has 1 heterocycles. The van der Waals surface area contributed by atoms with Gasteiger partial charge in [-0.25, -0.2) is 4.79 Å². The average molecular weight is 400 g/mol. The van der Waals surface area contributed by atoms with Gasteiger partial charge in [0.05, 0.1) is 11.6 Å². The topological polar surface area (TPSA) is 148 Å². The standard InChI is InChI=1S/C15H22N2O3.C6H6N2O/c1-10(2)8-13(15(19)20)17-14(18)12(16)9-11-6-4-3-5-7-11;7-6(9)5-2-1-3-8-4-5/h3-7,10,12-13H,8-9,16H2,1-2H3,(H,17,18)(H,19,20);1-4H,(H2,7,9). The van der Waals surface area contributed by atoms with Crippen LogP contribution in [-0.4, -0.2) is 40.0 Å². The zero-order chi connectivity index (χ0) is 21.8. The quantitative estimate of drug-likeness (QED) is 0.526. The summed E-state index contributed by atoms with van der Waals surface area (Å²) in [7, 11) is 0. The number of aromatic nitrogens is 1. The van der Waals surface area contributed by atoms with E-state index in [9.17, 15) is 14.4 Å². The number of nitrogens with zero attached hydrogens (tertiary/aromatic N) is 1. The Kier molecular flexibility index (Phi) is 10.0. The van der Waals surface area contributed by atoms with Gasteiger partial charge in [0.1, 0.15) is 6.04 Å². The van der Waals surface area contributed by atoms with Crippen LogP contribution in [0.4, 0.5) is 0 Å². The van der Waals surface area contributed by atoms with Gasteiger partial charge in [-0.15, -0.1) is 0 Å². The highest BCUT2D eigenvalue weighted by molar-refractivity contribution is 5.92. The summed E-state index contributed by atoms with van der Waals surface area (Å²) in [4.78, 5) is 37.1. The number of hydrogen-bond donors (Lipinski definition) is 4. The lowest BCUT2D eigenvalue weighted by molar-refractivity contribution is -0.142. The number of benzene rings is 1. The molecule has 2 unspecified atom stereocenters. The second kappa shape index (κ2) is 12.2. The first-order valence-electron chi connectivity index (χ1n) is 9.23. The van der Waals surface area contributed by atoms with Crippen LogP contribution in [0.2, 0.25) is 0 Å². The van der Waals surface area contributed by atoms with Crippen molar-refractivity contribution in [1.82, 2.24) is 10.3 Å². The molecule has 2 aromatic rings. The van der Waals surface area contributed by atoms with E-state index in [1.54, 1.807) is 18.3 Å². The van der Waals surface area contributed by atoms with Crippen LogP contribution in [0, 0.1) is 5.92 Å². The second-order valence-corrected chi connectivity index (χ2v) is 6.93. The molecule has 0 bridgehead atoms. The third-order valence-corrected chi connectivity index (χ3v) is 3.90. The zero-order valence-corrected chi connectivity index (χ0v) is 16.6. The van der Waals surface area contributed by atoms with Crippen molar-refractivity contribution in [1.29, 1.82) is 0 Å². The first kappa shape index (κ1) is 23.8. The maximum Gasteiger partial charge on any atom is 0.326 e. The molecule has 0 aliphatic rings. The van der Waals surface area contributed by atoms with E-state index in [0.717, 1.165) is 5.56 Å². The van der Waals surface area contributed by atoms with Crippen molar-refractivity contribution >= 4 is 17.8 Å². The van der Waals surface area contributed by atoms with Gasteiger partial charge >= 0.3 is 5.97 Å². The first-order valence-corrected chi connectivity index (χ1v) is 9.23. The van der Waals surface area contributed by atoms with Crippen LogP contribution >= 0.6 is 0 Å². The van der Waals surface area contributed by atoms with Crippen molar-refractivity contribution < 1.29 is 19.5 Å². The number of nitrogens with two attached hydrogens (primary N) is 2. The number of carbonyl (C=O) groups excluding carboxylic acids is 2. The predicted molar refractivity (Wildman–Crippen MR) is 110 cm³/mol. The summed E-state index contributed by atoms with van der Waals surface area (Å²) in [5.74, 6) is -1.72. The highest BCUT2D eigenvalue weighted by Crippen LogP contribution is 2.06. The van der Waals surface area contributed by atoms with Crippen LogP contribution in [-0.2, 0) is 16.0 Å². The van der Waals surface area contributed by atoms with Gasteiger partial charge in [-0.2, -0.15) is 0 Å². The number of primary amides is 1. The molecule has 2 rings (SSSR count).